The number of rotatable bonds is 3. The van der Waals surface area contributed by atoms with E-state index in [2.05, 4.69) is 6.07 Å². The van der Waals surface area contributed by atoms with E-state index in [1.54, 1.807) is 6.07 Å². The predicted octanol–water partition coefficient (Wildman–Crippen LogP) is 4.18. The molecule has 1 aliphatic carbocycles. The summed E-state index contributed by atoms with van der Waals surface area (Å²) < 4.78 is 0. The lowest BCUT2D eigenvalue weighted by Gasteiger charge is -2.12. The van der Waals surface area contributed by atoms with Crippen molar-refractivity contribution in [2.45, 2.75) is 39.0 Å². The Balaban J connectivity index is 1.96. The van der Waals surface area contributed by atoms with E-state index in [-0.39, 0.29) is 0 Å². The third kappa shape index (κ3) is 2.51. The number of benzene rings is 2. The van der Waals surface area contributed by atoms with Crippen LogP contribution in [0.15, 0.2) is 30.3 Å². The first-order chi connectivity index (χ1) is 9.54. The largest absolute Gasteiger partial charge is 0.508 e. The van der Waals surface area contributed by atoms with Gasteiger partial charge in [-0.1, -0.05) is 18.2 Å². The molecule has 2 aromatic rings. The van der Waals surface area contributed by atoms with Gasteiger partial charge in [0, 0.05) is 0 Å². The Morgan fingerprint density at radius 1 is 0.950 bits per heavy atom. The molecule has 1 aliphatic rings. The van der Waals surface area contributed by atoms with Crippen LogP contribution in [-0.4, -0.2) is 10.2 Å². The molecule has 0 spiro atoms. The van der Waals surface area contributed by atoms with Gasteiger partial charge >= 0.3 is 0 Å². The molecule has 0 bridgehead atoms. The van der Waals surface area contributed by atoms with Crippen LogP contribution in [-0.2, 0) is 6.42 Å². The van der Waals surface area contributed by atoms with Crippen LogP contribution in [0.2, 0.25) is 0 Å². The van der Waals surface area contributed by atoms with Gasteiger partial charge in [-0.2, -0.15) is 0 Å². The molecular weight excluding hydrogens is 248 g/mol. The molecule has 0 aliphatic heterocycles. The first kappa shape index (κ1) is 13.0. The summed E-state index contributed by atoms with van der Waals surface area (Å²) in [4.78, 5) is 0. The number of aromatic hydroxyl groups is 2. The predicted molar refractivity (Wildman–Crippen MR) is 80.5 cm³/mol. The van der Waals surface area contributed by atoms with Gasteiger partial charge in [0.1, 0.15) is 11.5 Å². The van der Waals surface area contributed by atoms with E-state index in [0.717, 1.165) is 17.5 Å². The van der Waals surface area contributed by atoms with Crippen molar-refractivity contribution in [2.75, 3.05) is 0 Å². The molecule has 2 heteroatoms. The maximum atomic E-state index is 9.91. The highest BCUT2D eigenvalue weighted by atomic mass is 16.3. The summed E-state index contributed by atoms with van der Waals surface area (Å²) in [7, 11) is 0. The van der Waals surface area contributed by atoms with Crippen molar-refractivity contribution in [3.8, 4) is 11.5 Å². The van der Waals surface area contributed by atoms with E-state index in [1.807, 2.05) is 32.0 Å². The van der Waals surface area contributed by atoms with Crippen LogP contribution in [0.3, 0.4) is 0 Å². The zero-order valence-corrected chi connectivity index (χ0v) is 12.0. The van der Waals surface area contributed by atoms with Crippen LogP contribution in [0.25, 0.3) is 0 Å². The summed E-state index contributed by atoms with van der Waals surface area (Å²) in [6, 6.07) is 9.81. The van der Waals surface area contributed by atoms with Gasteiger partial charge in [-0.25, -0.2) is 0 Å². The number of hydrogen-bond donors (Lipinski definition) is 2. The van der Waals surface area contributed by atoms with E-state index in [9.17, 15) is 10.2 Å². The Labute approximate surface area is 119 Å². The number of phenolic OH excluding ortho intramolecular Hbond substituents is 2. The third-order valence-corrected chi connectivity index (χ3v) is 4.13. The van der Waals surface area contributed by atoms with Crippen LogP contribution < -0.4 is 0 Å². The SMILES string of the molecule is Cc1cc(Cc2cc(C)c(O)cc2C2CC2)ccc1O. The highest BCUT2D eigenvalue weighted by Gasteiger charge is 2.26. The molecule has 104 valence electrons. The zero-order valence-electron chi connectivity index (χ0n) is 12.0. The highest BCUT2D eigenvalue weighted by Crippen LogP contribution is 2.44. The van der Waals surface area contributed by atoms with Gasteiger partial charge < -0.3 is 10.2 Å². The molecule has 2 aromatic carbocycles. The molecule has 2 N–H and O–H groups in total. The lowest BCUT2D eigenvalue weighted by Crippen LogP contribution is -1.96. The summed E-state index contributed by atoms with van der Waals surface area (Å²) >= 11 is 0. The van der Waals surface area contributed by atoms with Gasteiger partial charge in [-0.3, -0.25) is 0 Å². The first-order valence-corrected chi connectivity index (χ1v) is 7.15. The lowest BCUT2D eigenvalue weighted by molar-refractivity contribution is 0.470. The molecule has 1 saturated carbocycles. The number of aryl methyl sites for hydroxylation is 2. The van der Waals surface area contributed by atoms with E-state index >= 15 is 0 Å². The molecule has 20 heavy (non-hydrogen) atoms. The van der Waals surface area contributed by atoms with E-state index in [1.165, 1.54) is 29.5 Å². The van der Waals surface area contributed by atoms with Gasteiger partial charge in [0.05, 0.1) is 0 Å². The Morgan fingerprint density at radius 3 is 2.30 bits per heavy atom. The monoisotopic (exact) mass is 268 g/mol. The van der Waals surface area contributed by atoms with Crippen LogP contribution in [0.5, 0.6) is 11.5 Å². The van der Waals surface area contributed by atoms with Crippen molar-refractivity contribution in [1.29, 1.82) is 0 Å². The van der Waals surface area contributed by atoms with Crippen molar-refractivity contribution in [1.82, 2.24) is 0 Å². The van der Waals surface area contributed by atoms with Crippen molar-refractivity contribution < 1.29 is 10.2 Å². The maximum absolute atomic E-state index is 9.91. The summed E-state index contributed by atoms with van der Waals surface area (Å²) in [6.07, 6.45) is 3.31. The molecule has 2 nitrogen and oxygen atoms in total. The van der Waals surface area contributed by atoms with Gasteiger partial charge in [0.2, 0.25) is 0 Å². The Morgan fingerprint density at radius 2 is 1.65 bits per heavy atom. The fourth-order valence-corrected chi connectivity index (χ4v) is 2.75. The second-order valence-electron chi connectivity index (χ2n) is 5.91. The Bertz CT molecular complexity index is 655. The van der Waals surface area contributed by atoms with Gasteiger partial charge in [0.25, 0.3) is 0 Å². The molecule has 0 aromatic heterocycles. The summed E-state index contributed by atoms with van der Waals surface area (Å²) in [5.41, 5.74) is 5.63. The second kappa shape index (κ2) is 4.86. The quantitative estimate of drug-likeness (QED) is 0.876. The van der Waals surface area contributed by atoms with Crippen LogP contribution >= 0.6 is 0 Å². The van der Waals surface area contributed by atoms with E-state index < -0.39 is 0 Å². The molecule has 0 amide bonds. The van der Waals surface area contributed by atoms with Crippen LogP contribution in [0.1, 0.15) is 46.6 Å². The average molecular weight is 268 g/mol. The number of phenols is 2. The lowest BCUT2D eigenvalue weighted by atomic mass is 9.94. The topological polar surface area (TPSA) is 40.5 Å². The summed E-state index contributed by atoms with van der Waals surface area (Å²) in [6.45, 7) is 3.86. The van der Waals surface area contributed by atoms with Crippen molar-refractivity contribution in [2.24, 2.45) is 0 Å². The molecule has 0 saturated heterocycles. The molecule has 0 unspecified atom stereocenters. The maximum Gasteiger partial charge on any atom is 0.118 e. The van der Waals surface area contributed by atoms with Gasteiger partial charge in [-0.15, -0.1) is 0 Å². The molecule has 0 radical (unpaired) electrons. The third-order valence-electron chi connectivity index (χ3n) is 4.13. The summed E-state index contributed by atoms with van der Waals surface area (Å²) in [5, 5.41) is 19.5. The first-order valence-electron chi connectivity index (χ1n) is 7.15. The zero-order chi connectivity index (χ0) is 14.3. The second-order valence-corrected chi connectivity index (χ2v) is 5.91. The Hall–Kier alpha value is -1.96. The minimum absolute atomic E-state index is 0.345. The number of hydrogen-bond acceptors (Lipinski definition) is 2. The normalized spacial score (nSPS) is 14.5. The molecular formula is C18H20O2. The van der Waals surface area contributed by atoms with Gasteiger partial charge in [0.15, 0.2) is 0 Å². The molecule has 0 heterocycles. The minimum atomic E-state index is 0.345. The van der Waals surface area contributed by atoms with Gasteiger partial charge in [-0.05, 0) is 79.0 Å². The minimum Gasteiger partial charge on any atom is -0.508 e. The fraction of sp³-hybridized carbons (Fsp3) is 0.333. The van der Waals surface area contributed by atoms with E-state index in [0.29, 0.717) is 17.4 Å². The van der Waals surface area contributed by atoms with Crippen molar-refractivity contribution in [3.63, 3.8) is 0 Å². The summed E-state index contributed by atoms with van der Waals surface area (Å²) in [5.74, 6) is 1.37. The molecule has 3 rings (SSSR count). The fourth-order valence-electron chi connectivity index (χ4n) is 2.75. The highest BCUT2D eigenvalue weighted by molar-refractivity contribution is 5.47. The van der Waals surface area contributed by atoms with E-state index in [4.69, 9.17) is 0 Å². The molecule has 1 fully saturated rings. The Kier molecular flexibility index (Phi) is 3.17. The standard InChI is InChI=1S/C18H20O2/c1-11-7-13(3-6-17(11)19)9-15-8-12(2)18(20)10-16(15)14-4-5-14/h3,6-8,10,14,19-20H,4-5,9H2,1-2H3. The van der Waals surface area contributed by atoms with Crippen LogP contribution in [0, 0.1) is 13.8 Å². The van der Waals surface area contributed by atoms with Crippen molar-refractivity contribution in [3.05, 3.63) is 58.1 Å². The smallest absolute Gasteiger partial charge is 0.118 e. The molecule has 0 atom stereocenters. The average Bonchev–Trinajstić information content (AvgIpc) is 3.22. The van der Waals surface area contributed by atoms with Crippen molar-refractivity contribution >= 4 is 0 Å². The van der Waals surface area contributed by atoms with Crippen LogP contribution in [0.4, 0.5) is 0 Å².